The summed E-state index contributed by atoms with van der Waals surface area (Å²) in [6, 6.07) is 8.38. The standard InChI is InChI=1S/C13H8ClF2IO/c14-8-2-4-12(17)9(6-8)13(18)7-1-3-10(15)11(16)5-7/h1-6,13,18H. The molecule has 2 aromatic carbocycles. The Morgan fingerprint density at radius 2 is 1.78 bits per heavy atom. The first kappa shape index (κ1) is 13.7. The van der Waals surface area contributed by atoms with E-state index < -0.39 is 17.7 Å². The maximum Gasteiger partial charge on any atom is 0.159 e. The molecule has 0 saturated heterocycles. The van der Waals surface area contributed by atoms with Crippen molar-refractivity contribution in [2.75, 3.05) is 0 Å². The van der Waals surface area contributed by atoms with Gasteiger partial charge in [-0.15, -0.1) is 0 Å². The highest BCUT2D eigenvalue weighted by atomic mass is 127. The average Bonchev–Trinajstić information content (AvgIpc) is 2.35. The van der Waals surface area contributed by atoms with Gasteiger partial charge in [0.2, 0.25) is 0 Å². The van der Waals surface area contributed by atoms with Gasteiger partial charge in [-0.25, -0.2) is 8.78 Å². The number of halogens is 4. The highest BCUT2D eigenvalue weighted by Gasteiger charge is 2.16. The molecule has 0 aromatic heterocycles. The van der Waals surface area contributed by atoms with Crippen molar-refractivity contribution in [3.63, 3.8) is 0 Å². The topological polar surface area (TPSA) is 20.2 Å². The first-order valence-electron chi connectivity index (χ1n) is 5.07. The Morgan fingerprint density at radius 3 is 2.44 bits per heavy atom. The number of benzene rings is 2. The Balaban J connectivity index is 2.44. The molecule has 2 rings (SSSR count). The van der Waals surface area contributed by atoms with E-state index in [-0.39, 0.29) is 5.56 Å². The van der Waals surface area contributed by atoms with Crippen molar-refractivity contribution in [3.05, 3.63) is 67.8 Å². The fourth-order valence-corrected chi connectivity index (χ4v) is 2.40. The summed E-state index contributed by atoms with van der Waals surface area (Å²) in [7, 11) is 0. The van der Waals surface area contributed by atoms with Crippen LogP contribution < -0.4 is 0 Å². The van der Waals surface area contributed by atoms with E-state index in [0.717, 1.165) is 15.7 Å². The summed E-state index contributed by atoms with van der Waals surface area (Å²) in [6.07, 6.45) is -1.04. The third kappa shape index (κ3) is 2.81. The molecule has 0 aliphatic heterocycles. The summed E-state index contributed by atoms with van der Waals surface area (Å²) in [4.78, 5) is 0. The van der Waals surface area contributed by atoms with Crippen LogP contribution in [0.1, 0.15) is 17.2 Å². The van der Waals surface area contributed by atoms with E-state index in [0.29, 0.717) is 10.6 Å². The summed E-state index contributed by atoms with van der Waals surface area (Å²) >= 11 is 7.90. The number of rotatable bonds is 2. The van der Waals surface area contributed by atoms with Crippen LogP contribution in [0.4, 0.5) is 8.78 Å². The minimum atomic E-state index is -1.04. The molecule has 0 bridgehead atoms. The van der Waals surface area contributed by atoms with Crippen molar-refractivity contribution >= 4 is 34.2 Å². The van der Waals surface area contributed by atoms with Crippen LogP contribution in [0.15, 0.2) is 36.4 Å². The molecule has 0 spiro atoms. The summed E-state index contributed by atoms with van der Waals surface area (Å²) in [5, 5.41) is 10.6. The van der Waals surface area contributed by atoms with Crippen LogP contribution >= 0.6 is 34.2 Å². The average molecular weight is 381 g/mol. The van der Waals surface area contributed by atoms with E-state index in [1.165, 1.54) is 6.07 Å². The molecule has 94 valence electrons. The second-order valence-corrected chi connectivity index (χ2v) is 5.34. The molecule has 0 amide bonds. The molecule has 2 aromatic rings. The Bertz CT molecular complexity index is 589. The first-order valence-corrected chi connectivity index (χ1v) is 6.52. The van der Waals surface area contributed by atoms with Gasteiger partial charge in [-0.05, 0) is 64.0 Å². The lowest BCUT2D eigenvalue weighted by molar-refractivity contribution is 0.218. The minimum absolute atomic E-state index is 0.286. The zero-order chi connectivity index (χ0) is 13.3. The molecule has 0 radical (unpaired) electrons. The molecule has 1 unspecified atom stereocenters. The predicted molar refractivity (Wildman–Crippen MR) is 74.6 cm³/mol. The lowest BCUT2D eigenvalue weighted by Gasteiger charge is -2.14. The number of aliphatic hydroxyl groups excluding tert-OH is 1. The molecule has 0 heterocycles. The van der Waals surface area contributed by atoms with E-state index in [2.05, 4.69) is 0 Å². The van der Waals surface area contributed by atoms with Crippen LogP contribution in [0.3, 0.4) is 0 Å². The van der Waals surface area contributed by atoms with Crippen molar-refractivity contribution < 1.29 is 13.9 Å². The lowest BCUT2D eigenvalue weighted by Crippen LogP contribution is -2.03. The molecule has 0 fully saturated rings. The maximum absolute atomic E-state index is 13.1. The van der Waals surface area contributed by atoms with Gasteiger partial charge in [0.25, 0.3) is 0 Å². The first-order chi connectivity index (χ1) is 8.49. The van der Waals surface area contributed by atoms with Gasteiger partial charge < -0.3 is 5.11 Å². The molecule has 1 N–H and O–H groups in total. The van der Waals surface area contributed by atoms with Crippen molar-refractivity contribution in [2.45, 2.75) is 6.10 Å². The SMILES string of the molecule is OC(c1ccc(F)c(F)c1)c1cc(Cl)ccc1I. The molecule has 0 aliphatic rings. The Morgan fingerprint density at radius 1 is 1.06 bits per heavy atom. The van der Waals surface area contributed by atoms with Gasteiger partial charge in [-0.2, -0.15) is 0 Å². The number of hydrogen-bond acceptors (Lipinski definition) is 1. The molecule has 5 heteroatoms. The lowest BCUT2D eigenvalue weighted by atomic mass is 10.0. The van der Waals surface area contributed by atoms with E-state index in [4.69, 9.17) is 11.6 Å². The monoisotopic (exact) mass is 380 g/mol. The molecule has 18 heavy (non-hydrogen) atoms. The van der Waals surface area contributed by atoms with Crippen LogP contribution in [0.25, 0.3) is 0 Å². The fourth-order valence-electron chi connectivity index (χ4n) is 1.59. The van der Waals surface area contributed by atoms with Gasteiger partial charge in [0, 0.05) is 8.59 Å². The second-order valence-electron chi connectivity index (χ2n) is 3.74. The smallest absolute Gasteiger partial charge is 0.159 e. The van der Waals surface area contributed by atoms with E-state index in [9.17, 15) is 13.9 Å². The quantitative estimate of drug-likeness (QED) is 0.770. The molecular weight excluding hydrogens is 372 g/mol. The van der Waals surface area contributed by atoms with E-state index in [1.54, 1.807) is 18.2 Å². The highest BCUT2D eigenvalue weighted by Crippen LogP contribution is 2.29. The zero-order valence-corrected chi connectivity index (χ0v) is 11.9. The second kappa shape index (κ2) is 5.50. The third-order valence-electron chi connectivity index (χ3n) is 2.51. The molecular formula is C13H8ClF2IO. The van der Waals surface area contributed by atoms with E-state index >= 15 is 0 Å². The largest absolute Gasteiger partial charge is 0.384 e. The van der Waals surface area contributed by atoms with Gasteiger partial charge in [0.05, 0.1) is 0 Å². The normalized spacial score (nSPS) is 12.5. The van der Waals surface area contributed by atoms with E-state index in [1.807, 2.05) is 22.6 Å². The van der Waals surface area contributed by atoms with Crippen molar-refractivity contribution in [3.8, 4) is 0 Å². The fraction of sp³-hybridized carbons (Fsp3) is 0.0769. The van der Waals surface area contributed by atoms with Crippen LogP contribution in [-0.2, 0) is 0 Å². The van der Waals surface area contributed by atoms with Crippen LogP contribution in [-0.4, -0.2) is 5.11 Å². The Kier molecular flexibility index (Phi) is 4.19. The number of aliphatic hydroxyl groups is 1. The van der Waals surface area contributed by atoms with Crippen LogP contribution in [0.2, 0.25) is 5.02 Å². The summed E-state index contributed by atoms with van der Waals surface area (Å²) in [5.74, 6) is -1.92. The van der Waals surface area contributed by atoms with Crippen LogP contribution in [0.5, 0.6) is 0 Å². The van der Waals surface area contributed by atoms with Gasteiger partial charge in [0.15, 0.2) is 11.6 Å². The highest BCUT2D eigenvalue weighted by molar-refractivity contribution is 14.1. The molecule has 0 aliphatic carbocycles. The molecule has 0 saturated carbocycles. The Hall–Kier alpha value is -0.720. The van der Waals surface area contributed by atoms with Gasteiger partial charge >= 0.3 is 0 Å². The molecule has 1 nitrogen and oxygen atoms in total. The maximum atomic E-state index is 13.1. The van der Waals surface area contributed by atoms with Crippen molar-refractivity contribution in [1.29, 1.82) is 0 Å². The predicted octanol–water partition coefficient (Wildman–Crippen LogP) is 4.30. The number of hydrogen-bond donors (Lipinski definition) is 1. The third-order valence-corrected chi connectivity index (χ3v) is 3.73. The molecule has 1 atom stereocenters. The summed E-state index contributed by atoms with van der Waals surface area (Å²) in [5.41, 5.74) is 0.850. The van der Waals surface area contributed by atoms with Crippen molar-refractivity contribution in [2.24, 2.45) is 0 Å². The van der Waals surface area contributed by atoms with Gasteiger partial charge in [-0.1, -0.05) is 17.7 Å². The summed E-state index contributed by atoms with van der Waals surface area (Å²) in [6.45, 7) is 0. The van der Waals surface area contributed by atoms with Gasteiger partial charge in [-0.3, -0.25) is 0 Å². The van der Waals surface area contributed by atoms with Crippen molar-refractivity contribution in [1.82, 2.24) is 0 Å². The van der Waals surface area contributed by atoms with Gasteiger partial charge in [0.1, 0.15) is 6.10 Å². The summed E-state index contributed by atoms with van der Waals surface area (Å²) < 4.78 is 26.8. The minimum Gasteiger partial charge on any atom is -0.384 e. The zero-order valence-electron chi connectivity index (χ0n) is 9.00. The Labute approximate surface area is 122 Å². The van der Waals surface area contributed by atoms with Crippen LogP contribution in [0, 0.1) is 15.2 Å².